The standard InChI is InChI=1S/C37H30BF39O3Si/c1-18(2)19(3,80-38(79-18)16-5-7-17(78-4)8-6-16)15-81(12-9-20(39,40)23(45,46)26(51,52)29(57,58)32(63,64)35(69,70)71,13-10-21(41,42)24(47,48)27(53,54)30(59,60)33(65,66)36(72,73)74)14-11-22(43,44)25(49,50)28(55,56)31(61,62)34(67,68)37(75,76)77/h5-8H,9-15H2,1-4H3. The molecule has 1 saturated heterocycles. The van der Waals surface area contributed by atoms with Gasteiger partial charge in [0.25, 0.3) is 0 Å². The van der Waals surface area contributed by atoms with Crippen molar-refractivity contribution in [1.82, 2.24) is 0 Å². The lowest BCUT2D eigenvalue weighted by Gasteiger charge is -2.47. The molecule has 0 bridgehead atoms. The fourth-order valence-electron chi connectivity index (χ4n) is 7.45. The van der Waals surface area contributed by atoms with E-state index in [-0.39, 0.29) is 12.7 Å². The molecular weight excluding hydrogens is 1270 g/mol. The van der Waals surface area contributed by atoms with Gasteiger partial charge in [0.1, 0.15) is 5.75 Å². The molecule has 0 spiro atoms. The van der Waals surface area contributed by atoms with Crippen LogP contribution in [0.3, 0.4) is 0 Å². The fraction of sp³-hybridized carbons (Fsp3) is 0.838. The second kappa shape index (κ2) is 20.6. The van der Waals surface area contributed by atoms with Gasteiger partial charge in [-0.25, -0.2) is 0 Å². The zero-order chi connectivity index (χ0) is 65.1. The van der Waals surface area contributed by atoms with Gasteiger partial charge in [0.2, 0.25) is 0 Å². The van der Waals surface area contributed by atoms with Crippen molar-refractivity contribution in [3.05, 3.63) is 24.3 Å². The maximum absolute atomic E-state index is 15.5. The predicted molar refractivity (Wildman–Crippen MR) is 194 cm³/mol. The Morgan fingerprint density at radius 1 is 0.358 bits per heavy atom. The van der Waals surface area contributed by atoms with Crippen molar-refractivity contribution in [3.8, 4) is 5.75 Å². The summed E-state index contributed by atoms with van der Waals surface area (Å²) in [5, 5.41) is 0. The molecule has 1 aliphatic rings. The second-order valence-electron chi connectivity index (χ2n) is 18.8. The highest BCUT2D eigenvalue weighted by atomic mass is 28.3. The minimum atomic E-state index is -8.93. The molecule has 1 heterocycles. The third-order valence-corrected chi connectivity index (χ3v) is 18.4. The number of ether oxygens (including phenoxy) is 1. The first kappa shape index (κ1) is 73.6. The molecule has 1 aromatic carbocycles. The van der Waals surface area contributed by atoms with Crippen LogP contribution in [0.15, 0.2) is 24.3 Å². The molecule has 0 saturated carbocycles. The normalized spacial score (nSPS) is 19.4. The van der Waals surface area contributed by atoms with Gasteiger partial charge < -0.3 is 14.0 Å². The van der Waals surface area contributed by atoms with E-state index in [0.717, 1.165) is 31.4 Å². The van der Waals surface area contributed by atoms with Gasteiger partial charge in [-0.05, 0) is 44.4 Å². The van der Waals surface area contributed by atoms with E-state index in [1.807, 2.05) is 0 Å². The molecule has 1 aliphatic heterocycles. The lowest BCUT2D eigenvalue weighted by Crippen LogP contribution is -2.70. The number of methoxy groups -OCH3 is 1. The van der Waals surface area contributed by atoms with Crippen molar-refractivity contribution in [2.24, 2.45) is 0 Å². The summed E-state index contributed by atoms with van der Waals surface area (Å²) in [7, 11) is -8.52. The average molecular weight is 1300 g/mol. The van der Waals surface area contributed by atoms with Crippen LogP contribution in [0.25, 0.3) is 0 Å². The molecule has 0 aromatic heterocycles. The highest BCUT2D eigenvalue weighted by Crippen LogP contribution is 2.66. The van der Waals surface area contributed by atoms with E-state index in [1.54, 1.807) is 0 Å². The molecule has 2 rings (SSSR count). The summed E-state index contributed by atoms with van der Waals surface area (Å²) in [5.74, 6) is -128. The number of rotatable bonds is 25. The monoisotopic (exact) mass is 1300 g/mol. The van der Waals surface area contributed by atoms with E-state index in [2.05, 4.69) is 0 Å². The maximum Gasteiger partial charge on any atom is 0.494 e. The molecule has 1 unspecified atom stereocenters. The van der Waals surface area contributed by atoms with Crippen molar-refractivity contribution in [1.29, 1.82) is 0 Å². The Morgan fingerprint density at radius 2 is 0.593 bits per heavy atom. The number of benzene rings is 1. The summed E-state index contributed by atoms with van der Waals surface area (Å²) in [5.41, 5.74) is -6.56. The molecule has 44 heteroatoms. The first-order chi connectivity index (χ1) is 34.9. The quantitative estimate of drug-likeness (QED) is 0.0721. The van der Waals surface area contributed by atoms with Gasteiger partial charge in [-0.15, -0.1) is 0 Å². The van der Waals surface area contributed by atoms with Crippen LogP contribution >= 0.6 is 0 Å². The van der Waals surface area contributed by atoms with Crippen molar-refractivity contribution in [2.45, 2.75) is 183 Å². The first-order valence-corrected chi connectivity index (χ1v) is 23.6. The smallest absolute Gasteiger partial charge is 0.494 e. The molecule has 0 aliphatic carbocycles. The van der Waals surface area contributed by atoms with Crippen LogP contribution in [0.2, 0.25) is 24.2 Å². The van der Waals surface area contributed by atoms with E-state index in [9.17, 15) is 119 Å². The molecule has 0 radical (unpaired) electrons. The minimum Gasteiger partial charge on any atom is -0.497 e. The van der Waals surface area contributed by atoms with E-state index >= 15 is 52.7 Å². The highest BCUT2D eigenvalue weighted by molar-refractivity contribution is 6.80. The third-order valence-electron chi connectivity index (χ3n) is 13.0. The average Bonchev–Trinajstić information content (AvgIpc) is 3.51. The Bertz CT molecular complexity index is 2150. The zero-order valence-corrected chi connectivity index (χ0v) is 40.3. The van der Waals surface area contributed by atoms with Crippen molar-refractivity contribution in [2.75, 3.05) is 7.11 Å². The molecule has 476 valence electrons. The zero-order valence-electron chi connectivity index (χ0n) is 39.3. The summed E-state index contributed by atoms with van der Waals surface area (Å²) < 4.78 is 567. The minimum absolute atomic E-state index is 0.139. The van der Waals surface area contributed by atoms with Crippen molar-refractivity contribution < 1.29 is 185 Å². The Balaban J connectivity index is 3.25. The summed E-state index contributed by atoms with van der Waals surface area (Å²) in [6.07, 6.45) is -36.8. The van der Waals surface area contributed by atoms with Gasteiger partial charge in [0, 0.05) is 19.3 Å². The Morgan fingerprint density at radius 3 is 0.815 bits per heavy atom. The van der Waals surface area contributed by atoms with Gasteiger partial charge in [-0.1, -0.05) is 30.3 Å². The Kier molecular flexibility index (Phi) is 18.7. The molecule has 81 heavy (non-hydrogen) atoms. The molecule has 1 fully saturated rings. The molecule has 0 N–H and O–H groups in total. The molecule has 3 nitrogen and oxygen atoms in total. The van der Waals surface area contributed by atoms with Crippen LogP contribution in [0.1, 0.15) is 40.0 Å². The fourth-order valence-corrected chi connectivity index (χ4v) is 13.2. The van der Waals surface area contributed by atoms with Crippen molar-refractivity contribution in [3.63, 3.8) is 0 Å². The van der Waals surface area contributed by atoms with Gasteiger partial charge >= 0.3 is 114 Å². The van der Waals surface area contributed by atoms with E-state index in [0.29, 0.717) is 13.8 Å². The first-order valence-electron chi connectivity index (χ1n) is 20.8. The third kappa shape index (κ3) is 11.3. The number of halogens is 39. The lowest BCUT2D eigenvalue weighted by molar-refractivity contribution is -0.440. The van der Waals surface area contributed by atoms with Gasteiger partial charge in [-0.2, -0.15) is 171 Å². The summed E-state index contributed by atoms with van der Waals surface area (Å²) in [6.45, 7) is 1.22. The second-order valence-corrected chi connectivity index (χ2v) is 23.6. The highest BCUT2D eigenvalue weighted by Gasteiger charge is 2.93. The topological polar surface area (TPSA) is 27.7 Å². The van der Waals surface area contributed by atoms with Crippen molar-refractivity contribution >= 4 is 20.7 Å². The van der Waals surface area contributed by atoms with Crippen LogP contribution < -0.4 is 10.2 Å². The van der Waals surface area contributed by atoms with E-state index in [4.69, 9.17) is 14.0 Å². The van der Waals surface area contributed by atoms with Crippen LogP contribution in [-0.4, -0.2) is 141 Å². The molecular formula is C37H30BF39O3Si. The SMILES string of the molecule is COc1ccc(B2OC(C)(C)C(C)(C[Si](CCC(F)(F)C(F)(F)C(F)(F)C(F)(F)C(F)(F)C(F)(F)F)(CCC(F)(F)C(F)(F)C(F)(F)C(F)(F)C(F)(F)C(F)(F)F)CCC(F)(F)C(F)(F)C(F)(F)C(F)(F)C(F)(F)C(F)(F)F)O2)cc1. The van der Waals surface area contributed by atoms with Gasteiger partial charge in [0.05, 0.1) is 26.4 Å². The van der Waals surface area contributed by atoms with Gasteiger partial charge in [-0.3, -0.25) is 0 Å². The number of alkyl halides is 39. The van der Waals surface area contributed by atoms with Crippen LogP contribution in [-0.2, 0) is 9.31 Å². The van der Waals surface area contributed by atoms with E-state index in [1.165, 1.54) is 0 Å². The lowest BCUT2D eigenvalue weighted by atomic mass is 9.79. The molecule has 0 amide bonds. The van der Waals surface area contributed by atoms with Crippen LogP contribution in [0, 0.1) is 0 Å². The number of hydrogen-bond donors (Lipinski definition) is 0. The Labute approximate surface area is 426 Å². The maximum atomic E-state index is 15.5. The van der Waals surface area contributed by atoms with Crippen LogP contribution in [0.5, 0.6) is 5.75 Å². The summed E-state index contributed by atoms with van der Waals surface area (Å²) in [4.78, 5) is 0. The van der Waals surface area contributed by atoms with Gasteiger partial charge in [0.15, 0.2) is 0 Å². The Hall–Kier alpha value is -3.51. The summed E-state index contributed by atoms with van der Waals surface area (Å²) >= 11 is 0. The predicted octanol–water partition coefficient (Wildman–Crippen LogP) is 16.8. The largest absolute Gasteiger partial charge is 0.497 e. The number of hydrogen-bond acceptors (Lipinski definition) is 3. The molecule has 1 aromatic rings. The molecule has 1 atom stereocenters. The van der Waals surface area contributed by atoms with Crippen LogP contribution in [0.4, 0.5) is 171 Å². The summed E-state index contributed by atoms with van der Waals surface area (Å²) in [6, 6.07) is -9.00. The van der Waals surface area contributed by atoms with E-state index < -0.39 is 183 Å².